The molecule has 0 radical (unpaired) electrons. The fourth-order valence-corrected chi connectivity index (χ4v) is 7.48. The number of nitrogens with zero attached hydrogens (tertiary/aromatic N) is 3. The van der Waals surface area contributed by atoms with Gasteiger partial charge in [-0.2, -0.15) is 0 Å². The smallest absolute Gasteiger partial charge is 0.306 e. The van der Waals surface area contributed by atoms with Gasteiger partial charge < -0.3 is 25.4 Å². The van der Waals surface area contributed by atoms with Crippen LogP contribution >= 0.6 is 11.3 Å². The van der Waals surface area contributed by atoms with Crippen molar-refractivity contribution in [2.24, 2.45) is 17.8 Å². The van der Waals surface area contributed by atoms with Gasteiger partial charge in [-0.15, -0.1) is 11.3 Å². The maximum Gasteiger partial charge on any atom is 0.306 e. The summed E-state index contributed by atoms with van der Waals surface area (Å²) in [6.45, 7) is 11.7. The Hall–Kier alpha value is -3.84. The van der Waals surface area contributed by atoms with Crippen molar-refractivity contribution in [2.45, 2.75) is 117 Å². The summed E-state index contributed by atoms with van der Waals surface area (Å²) in [6, 6.07) is 7.68. The molecule has 0 bridgehead atoms. The molecule has 7 atom stereocenters. The van der Waals surface area contributed by atoms with Crippen LogP contribution < -0.4 is 10.6 Å². The normalized spacial score (nSPS) is 18.5. The number of rotatable bonds is 18. The average molecular weight is 728 g/mol. The van der Waals surface area contributed by atoms with Crippen molar-refractivity contribution in [1.29, 1.82) is 0 Å². The first-order valence-corrected chi connectivity index (χ1v) is 19.0. The SMILES string of the molecule is CC[C@H](C)[C@H](NC(=O)[C@H]1CCCCN1C)C(=O)N(C)[C@H](C[C@@H](OC(C)=O)c1nc(C(=O)NC(Cc2ccccc2)C[C@H](C)C(=O)O)cs1)C(C)C. The largest absolute Gasteiger partial charge is 0.481 e. The molecule has 0 saturated carbocycles. The number of nitrogens with one attached hydrogen (secondary N) is 2. The third-order valence-corrected chi connectivity index (χ3v) is 10.9. The van der Waals surface area contributed by atoms with Gasteiger partial charge >= 0.3 is 11.9 Å². The maximum atomic E-state index is 14.2. The van der Waals surface area contributed by atoms with Crippen molar-refractivity contribution < 1.29 is 33.8 Å². The van der Waals surface area contributed by atoms with E-state index in [9.17, 15) is 29.1 Å². The molecule has 1 aliphatic rings. The van der Waals surface area contributed by atoms with E-state index in [1.54, 1.807) is 24.3 Å². The molecule has 1 aromatic carbocycles. The second kappa shape index (κ2) is 19.7. The fraction of sp³-hybridized carbons (Fsp3) is 0.632. The number of likely N-dealkylation sites (N-methyl/N-ethyl adjacent to an activating group) is 2. The van der Waals surface area contributed by atoms with Crippen LogP contribution in [0.1, 0.15) is 107 Å². The van der Waals surface area contributed by atoms with Crippen LogP contribution in [-0.4, -0.2) is 94.4 Å². The summed E-state index contributed by atoms with van der Waals surface area (Å²) in [5.74, 6) is -3.11. The second-order valence-electron chi connectivity index (χ2n) is 14.4. The Morgan fingerprint density at radius 2 is 1.75 bits per heavy atom. The van der Waals surface area contributed by atoms with Crippen molar-refractivity contribution in [2.75, 3.05) is 20.6 Å². The van der Waals surface area contributed by atoms with Gasteiger partial charge in [-0.25, -0.2) is 4.98 Å². The van der Waals surface area contributed by atoms with Crippen molar-refractivity contribution >= 4 is 41.0 Å². The number of ether oxygens (including phenoxy) is 1. The van der Waals surface area contributed by atoms with E-state index in [1.165, 1.54) is 18.3 Å². The Labute approximate surface area is 306 Å². The molecule has 3 amide bonds. The van der Waals surface area contributed by atoms with Crippen LogP contribution in [0.25, 0.3) is 0 Å². The Balaban J connectivity index is 1.81. The lowest BCUT2D eigenvalue weighted by Crippen LogP contribution is -2.58. The number of esters is 1. The summed E-state index contributed by atoms with van der Waals surface area (Å²) in [4.78, 5) is 73.3. The molecule has 1 aromatic heterocycles. The summed E-state index contributed by atoms with van der Waals surface area (Å²) in [5, 5.41) is 17.6. The van der Waals surface area contributed by atoms with Gasteiger partial charge in [0.2, 0.25) is 11.8 Å². The van der Waals surface area contributed by atoms with E-state index in [0.717, 1.165) is 31.4 Å². The predicted octanol–water partition coefficient (Wildman–Crippen LogP) is 5.09. The molecule has 3 rings (SSSR count). The number of hydrogen-bond acceptors (Lipinski definition) is 9. The molecule has 1 unspecified atom stereocenters. The first-order valence-electron chi connectivity index (χ1n) is 18.1. The summed E-state index contributed by atoms with van der Waals surface area (Å²) < 4.78 is 5.76. The van der Waals surface area contributed by atoms with Crippen molar-refractivity contribution in [3.05, 3.63) is 52.0 Å². The molecule has 0 spiro atoms. The Kier molecular flexibility index (Phi) is 16.0. The molecular formula is C38H57N5O7S. The Bertz CT molecular complexity index is 1470. The van der Waals surface area contributed by atoms with Crippen LogP contribution in [0.4, 0.5) is 0 Å². The van der Waals surface area contributed by atoms with E-state index >= 15 is 0 Å². The second-order valence-corrected chi connectivity index (χ2v) is 15.3. The number of carbonyl (C=O) groups is 5. The number of benzene rings is 1. The number of carbonyl (C=O) groups excluding carboxylic acids is 4. The number of thiazole rings is 1. The molecule has 0 aliphatic carbocycles. The van der Waals surface area contributed by atoms with E-state index in [0.29, 0.717) is 17.8 Å². The van der Waals surface area contributed by atoms with E-state index in [1.807, 2.05) is 70.0 Å². The van der Waals surface area contributed by atoms with E-state index in [2.05, 4.69) is 15.6 Å². The number of likely N-dealkylation sites (tertiary alicyclic amines) is 1. The van der Waals surface area contributed by atoms with Gasteiger partial charge in [0.25, 0.3) is 5.91 Å². The zero-order chi connectivity index (χ0) is 37.8. The van der Waals surface area contributed by atoms with Crippen LogP contribution in [0.15, 0.2) is 35.7 Å². The molecule has 1 fully saturated rings. The molecule has 1 aliphatic heterocycles. The summed E-state index contributed by atoms with van der Waals surface area (Å²) in [5.41, 5.74) is 1.09. The predicted molar refractivity (Wildman–Crippen MR) is 197 cm³/mol. The molecule has 13 heteroatoms. The summed E-state index contributed by atoms with van der Waals surface area (Å²) in [6.07, 6.45) is 3.53. The van der Waals surface area contributed by atoms with Gasteiger partial charge in [-0.1, -0.05) is 77.8 Å². The molecule has 2 aromatic rings. The van der Waals surface area contributed by atoms with Crippen molar-refractivity contribution in [3.8, 4) is 0 Å². The number of aliphatic carboxylic acids is 1. The first kappa shape index (κ1) is 41.6. The zero-order valence-electron chi connectivity index (χ0n) is 31.4. The lowest BCUT2D eigenvalue weighted by atomic mass is 9.92. The minimum absolute atomic E-state index is 0.0486. The van der Waals surface area contributed by atoms with Crippen LogP contribution in [-0.2, 0) is 30.3 Å². The topological polar surface area (TPSA) is 158 Å². The van der Waals surface area contributed by atoms with Crippen LogP contribution in [0.5, 0.6) is 0 Å². The van der Waals surface area contributed by atoms with Crippen LogP contribution in [0.2, 0.25) is 0 Å². The fourth-order valence-electron chi connectivity index (χ4n) is 6.64. The lowest BCUT2D eigenvalue weighted by Gasteiger charge is -2.38. The third kappa shape index (κ3) is 12.1. The third-order valence-electron chi connectivity index (χ3n) is 9.98. The van der Waals surface area contributed by atoms with Crippen LogP contribution in [0, 0.1) is 17.8 Å². The highest BCUT2D eigenvalue weighted by molar-refractivity contribution is 7.09. The highest BCUT2D eigenvalue weighted by atomic mass is 32.1. The Morgan fingerprint density at radius 1 is 1.06 bits per heavy atom. The molecule has 2 heterocycles. The van der Waals surface area contributed by atoms with Gasteiger partial charge in [0.05, 0.1) is 12.0 Å². The van der Waals surface area contributed by atoms with Crippen molar-refractivity contribution in [1.82, 2.24) is 25.4 Å². The quantitative estimate of drug-likeness (QED) is 0.178. The number of carboxylic acids is 1. The van der Waals surface area contributed by atoms with Crippen LogP contribution in [0.3, 0.4) is 0 Å². The molecule has 51 heavy (non-hydrogen) atoms. The zero-order valence-corrected chi connectivity index (χ0v) is 32.2. The number of piperidine rings is 1. The standard InChI is InChI=1S/C38H57N5O7S/c1-9-24(4)33(41-35(46)30-17-13-14-18-42(30)7)37(47)43(8)31(23(2)3)21-32(50-26(6)44)36-40-29(22-51-36)34(45)39-28(19-25(5)38(48)49)20-27-15-11-10-12-16-27/h10-12,15-16,22-25,28,30-33H,9,13-14,17-21H2,1-8H3,(H,39,45)(H,41,46)(H,48,49)/t24-,25-,28?,30+,31+,32+,33-/m0/s1. The van der Waals surface area contributed by atoms with Gasteiger partial charge in [0.1, 0.15) is 16.7 Å². The van der Waals surface area contributed by atoms with E-state index in [-0.39, 0.29) is 48.2 Å². The number of aromatic nitrogens is 1. The Morgan fingerprint density at radius 3 is 2.33 bits per heavy atom. The molecule has 12 nitrogen and oxygen atoms in total. The number of hydrogen-bond donors (Lipinski definition) is 3. The van der Waals surface area contributed by atoms with Gasteiger partial charge in [-0.05, 0) is 56.7 Å². The van der Waals surface area contributed by atoms with Gasteiger partial charge in [-0.3, -0.25) is 28.9 Å². The molecule has 1 saturated heterocycles. The maximum absolute atomic E-state index is 14.2. The average Bonchev–Trinajstić information content (AvgIpc) is 3.59. The minimum atomic E-state index is -0.944. The highest BCUT2D eigenvalue weighted by Crippen LogP contribution is 2.31. The first-order chi connectivity index (χ1) is 24.1. The van der Waals surface area contributed by atoms with E-state index < -0.39 is 48.0 Å². The summed E-state index contributed by atoms with van der Waals surface area (Å²) >= 11 is 1.18. The lowest BCUT2D eigenvalue weighted by molar-refractivity contribution is -0.149. The highest BCUT2D eigenvalue weighted by Gasteiger charge is 2.37. The van der Waals surface area contributed by atoms with E-state index in [4.69, 9.17) is 4.74 Å². The minimum Gasteiger partial charge on any atom is -0.481 e. The molecular weight excluding hydrogens is 671 g/mol. The molecule has 282 valence electrons. The number of amides is 3. The monoisotopic (exact) mass is 727 g/mol. The van der Waals surface area contributed by atoms with Crippen molar-refractivity contribution in [3.63, 3.8) is 0 Å². The van der Waals surface area contributed by atoms with Gasteiger partial charge in [0, 0.05) is 37.9 Å². The van der Waals surface area contributed by atoms with Gasteiger partial charge in [0.15, 0.2) is 6.10 Å². The molecule has 3 N–H and O–H groups in total. The summed E-state index contributed by atoms with van der Waals surface area (Å²) in [7, 11) is 3.66. The number of carboxylic acid groups (broad SMARTS) is 1.